The van der Waals surface area contributed by atoms with Crippen molar-refractivity contribution in [3.05, 3.63) is 54.6 Å². The molecule has 3 N–H and O–H groups in total. The van der Waals surface area contributed by atoms with Gasteiger partial charge in [-0.15, -0.1) is 0 Å². The number of rotatable bonds is 13. The van der Waals surface area contributed by atoms with Crippen LogP contribution in [-0.4, -0.2) is 52.3 Å². The Morgan fingerprint density at radius 1 is 1.16 bits per heavy atom. The summed E-state index contributed by atoms with van der Waals surface area (Å²) in [6.45, 7) is 4.06. The highest BCUT2D eigenvalue weighted by Gasteiger charge is 2.39. The summed E-state index contributed by atoms with van der Waals surface area (Å²) < 4.78 is 10.7. The number of hydrogen-bond acceptors (Lipinski definition) is 6. The van der Waals surface area contributed by atoms with E-state index in [0.29, 0.717) is 32.3 Å². The van der Waals surface area contributed by atoms with Crippen LogP contribution in [0.25, 0.3) is 0 Å². The highest BCUT2D eigenvalue weighted by Crippen LogP contribution is 2.36. The molecule has 1 fully saturated rings. The molecule has 178 valence electrons. The number of allylic oxidation sites excluding steroid dienone is 2. The van der Waals surface area contributed by atoms with Gasteiger partial charge in [0, 0.05) is 25.2 Å². The molecule has 0 unspecified atom stereocenters. The SMILES string of the molecule is CC(C)OC(=O)CCC/C=C\C[C@H]1[C@@H](/C=C/[C@H](O)CCOc2ccccc2)[C@H](O)C[C@@H]1O. The zero-order chi connectivity index (χ0) is 23.3. The second-order valence-electron chi connectivity index (χ2n) is 8.65. The first-order valence-corrected chi connectivity index (χ1v) is 11.6. The molecule has 1 aromatic rings. The molecule has 1 aromatic carbocycles. The summed E-state index contributed by atoms with van der Waals surface area (Å²) in [5.41, 5.74) is 0. The summed E-state index contributed by atoms with van der Waals surface area (Å²) in [6.07, 6.45) is 8.86. The molecule has 0 aromatic heterocycles. The lowest BCUT2D eigenvalue weighted by Crippen LogP contribution is -2.20. The van der Waals surface area contributed by atoms with Gasteiger partial charge >= 0.3 is 5.97 Å². The van der Waals surface area contributed by atoms with Gasteiger partial charge in [-0.25, -0.2) is 0 Å². The van der Waals surface area contributed by atoms with Crippen LogP contribution in [0, 0.1) is 11.8 Å². The Morgan fingerprint density at radius 3 is 2.62 bits per heavy atom. The van der Waals surface area contributed by atoms with E-state index in [2.05, 4.69) is 0 Å². The van der Waals surface area contributed by atoms with E-state index in [1.165, 1.54) is 0 Å². The van der Waals surface area contributed by atoms with E-state index >= 15 is 0 Å². The fraction of sp³-hybridized carbons (Fsp3) is 0.577. The zero-order valence-corrected chi connectivity index (χ0v) is 19.2. The van der Waals surface area contributed by atoms with Crippen LogP contribution in [0.15, 0.2) is 54.6 Å². The average Bonchev–Trinajstić information content (AvgIpc) is 3.01. The molecule has 0 radical (unpaired) electrons. The lowest BCUT2D eigenvalue weighted by Gasteiger charge is -2.19. The van der Waals surface area contributed by atoms with Crippen LogP contribution in [0.2, 0.25) is 0 Å². The van der Waals surface area contributed by atoms with Crippen molar-refractivity contribution in [2.45, 2.75) is 76.8 Å². The first-order chi connectivity index (χ1) is 15.4. The van der Waals surface area contributed by atoms with Crippen LogP contribution >= 0.6 is 0 Å². The second kappa shape index (κ2) is 14.1. The summed E-state index contributed by atoms with van der Waals surface area (Å²) in [5.74, 6) is 0.277. The number of unbranched alkanes of at least 4 members (excludes halogenated alkanes) is 1. The van der Waals surface area contributed by atoms with Gasteiger partial charge in [-0.1, -0.05) is 42.5 Å². The molecular weight excluding hydrogens is 408 g/mol. The monoisotopic (exact) mass is 446 g/mol. The van der Waals surface area contributed by atoms with Crippen LogP contribution in [-0.2, 0) is 9.53 Å². The highest BCUT2D eigenvalue weighted by atomic mass is 16.5. The van der Waals surface area contributed by atoms with Crippen molar-refractivity contribution < 1.29 is 29.6 Å². The quantitative estimate of drug-likeness (QED) is 0.242. The van der Waals surface area contributed by atoms with E-state index in [4.69, 9.17) is 9.47 Å². The van der Waals surface area contributed by atoms with Crippen LogP contribution in [0.3, 0.4) is 0 Å². The van der Waals surface area contributed by atoms with Crippen molar-refractivity contribution in [2.75, 3.05) is 6.61 Å². The summed E-state index contributed by atoms with van der Waals surface area (Å²) >= 11 is 0. The first-order valence-electron chi connectivity index (χ1n) is 11.6. The normalized spacial score (nSPS) is 24.4. The molecule has 0 amide bonds. The number of esters is 1. The predicted octanol–water partition coefficient (Wildman–Crippen LogP) is 3.80. The van der Waals surface area contributed by atoms with Crippen LogP contribution in [0.1, 0.15) is 52.4 Å². The minimum Gasteiger partial charge on any atom is -0.493 e. The molecule has 0 heterocycles. The molecule has 0 aliphatic heterocycles. The third-order valence-electron chi connectivity index (χ3n) is 5.59. The maximum Gasteiger partial charge on any atom is 0.306 e. The van der Waals surface area contributed by atoms with Gasteiger partial charge in [-0.2, -0.15) is 0 Å². The van der Waals surface area contributed by atoms with Crippen molar-refractivity contribution in [3.63, 3.8) is 0 Å². The van der Waals surface area contributed by atoms with E-state index in [-0.39, 0.29) is 23.9 Å². The number of hydrogen-bond donors (Lipinski definition) is 3. The Labute approximate surface area is 191 Å². The van der Waals surface area contributed by atoms with Gasteiger partial charge < -0.3 is 24.8 Å². The molecule has 0 saturated heterocycles. The summed E-state index contributed by atoms with van der Waals surface area (Å²) in [4.78, 5) is 11.5. The number of carbonyl (C=O) groups is 1. The molecule has 6 heteroatoms. The van der Waals surface area contributed by atoms with E-state index in [1.54, 1.807) is 6.08 Å². The zero-order valence-electron chi connectivity index (χ0n) is 19.2. The number of aliphatic hydroxyl groups excluding tert-OH is 3. The number of para-hydroxylation sites is 1. The maximum absolute atomic E-state index is 11.5. The molecule has 5 atom stereocenters. The van der Waals surface area contributed by atoms with Crippen LogP contribution < -0.4 is 4.74 Å². The molecule has 0 bridgehead atoms. The predicted molar refractivity (Wildman–Crippen MR) is 124 cm³/mol. The Kier molecular flexibility index (Phi) is 11.5. The number of aliphatic hydroxyl groups is 3. The third kappa shape index (κ3) is 9.55. The number of carbonyl (C=O) groups excluding carboxylic acids is 1. The van der Waals surface area contributed by atoms with Gasteiger partial charge in [-0.3, -0.25) is 4.79 Å². The fourth-order valence-corrected chi connectivity index (χ4v) is 3.93. The van der Waals surface area contributed by atoms with E-state index in [1.807, 2.05) is 62.4 Å². The molecule has 0 spiro atoms. The lowest BCUT2D eigenvalue weighted by atomic mass is 9.89. The second-order valence-corrected chi connectivity index (χ2v) is 8.65. The molecule has 1 saturated carbocycles. The molecule has 1 aliphatic carbocycles. The van der Waals surface area contributed by atoms with Gasteiger partial charge in [0.05, 0.1) is 31.0 Å². The van der Waals surface area contributed by atoms with Crippen molar-refractivity contribution in [1.82, 2.24) is 0 Å². The molecule has 6 nitrogen and oxygen atoms in total. The van der Waals surface area contributed by atoms with E-state index in [0.717, 1.165) is 18.6 Å². The minimum absolute atomic E-state index is 0.0896. The Balaban J connectivity index is 1.73. The summed E-state index contributed by atoms with van der Waals surface area (Å²) in [7, 11) is 0. The molecule has 32 heavy (non-hydrogen) atoms. The first kappa shape index (κ1) is 26.1. The topological polar surface area (TPSA) is 96.2 Å². The molecule has 1 aliphatic rings. The largest absolute Gasteiger partial charge is 0.493 e. The van der Waals surface area contributed by atoms with Gasteiger partial charge in [0.15, 0.2) is 0 Å². The van der Waals surface area contributed by atoms with Crippen LogP contribution in [0.5, 0.6) is 5.75 Å². The van der Waals surface area contributed by atoms with Gasteiger partial charge in [0.25, 0.3) is 0 Å². The van der Waals surface area contributed by atoms with E-state index < -0.39 is 18.3 Å². The summed E-state index contributed by atoms with van der Waals surface area (Å²) in [5, 5.41) is 30.9. The smallest absolute Gasteiger partial charge is 0.306 e. The van der Waals surface area contributed by atoms with Crippen molar-refractivity contribution in [3.8, 4) is 5.75 Å². The van der Waals surface area contributed by atoms with Gasteiger partial charge in [0.2, 0.25) is 0 Å². The fourth-order valence-electron chi connectivity index (χ4n) is 3.93. The summed E-state index contributed by atoms with van der Waals surface area (Å²) in [6, 6.07) is 9.45. The molecular formula is C26H38O6. The molecule has 2 rings (SSSR count). The van der Waals surface area contributed by atoms with Crippen LogP contribution in [0.4, 0.5) is 0 Å². The van der Waals surface area contributed by atoms with Gasteiger partial charge in [-0.05, 0) is 51.2 Å². The van der Waals surface area contributed by atoms with E-state index in [9.17, 15) is 20.1 Å². The average molecular weight is 447 g/mol. The minimum atomic E-state index is -0.676. The van der Waals surface area contributed by atoms with Crippen molar-refractivity contribution >= 4 is 5.97 Å². The lowest BCUT2D eigenvalue weighted by molar-refractivity contribution is -0.147. The van der Waals surface area contributed by atoms with Gasteiger partial charge in [0.1, 0.15) is 5.75 Å². The Bertz CT molecular complexity index is 714. The maximum atomic E-state index is 11.5. The standard InChI is InChI=1S/C26H38O6/c1-19(2)32-26(30)13-9-4-3-8-12-22-23(25(29)18-24(22)28)15-14-20(27)16-17-31-21-10-6-5-7-11-21/h3,5-8,10-11,14-15,19-20,22-25,27-29H,4,9,12-13,16-18H2,1-2H3/b8-3-,15-14+/t20-,22-,23+,24-,25+/m0/s1. The number of benzene rings is 1. The highest BCUT2D eigenvalue weighted by molar-refractivity contribution is 5.69. The van der Waals surface area contributed by atoms with Crippen molar-refractivity contribution in [2.24, 2.45) is 11.8 Å². The Morgan fingerprint density at radius 2 is 1.91 bits per heavy atom. The Hall–Kier alpha value is -2.15. The third-order valence-corrected chi connectivity index (χ3v) is 5.59. The van der Waals surface area contributed by atoms with Crippen molar-refractivity contribution in [1.29, 1.82) is 0 Å². The number of ether oxygens (including phenoxy) is 2.